The third kappa shape index (κ3) is 2.50. The number of hydrogen-bond acceptors (Lipinski definition) is 2. The molecular weight excluding hydrogens is 204 g/mol. The van der Waals surface area contributed by atoms with Crippen LogP contribution >= 0.6 is 11.6 Å². The van der Waals surface area contributed by atoms with Gasteiger partial charge in [-0.3, -0.25) is 0 Å². The molecule has 0 saturated carbocycles. The molecule has 1 rings (SSSR count). The van der Waals surface area contributed by atoms with Gasteiger partial charge in [0.25, 0.3) is 0 Å². The van der Waals surface area contributed by atoms with E-state index in [1.165, 1.54) is 13.2 Å². The minimum absolute atomic E-state index is 0.410. The number of rotatable bonds is 3. The maximum Gasteiger partial charge on any atom is 0.328 e. The molecule has 0 aromatic heterocycles. The van der Waals surface area contributed by atoms with Gasteiger partial charge >= 0.3 is 5.97 Å². The van der Waals surface area contributed by atoms with E-state index in [0.29, 0.717) is 16.3 Å². The van der Waals surface area contributed by atoms with Gasteiger partial charge in [-0.25, -0.2) is 4.79 Å². The molecule has 3 nitrogen and oxygen atoms in total. The van der Waals surface area contributed by atoms with Crippen LogP contribution in [0, 0.1) is 0 Å². The summed E-state index contributed by atoms with van der Waals surface area (Å²) in [7, 11) is 1.51. The second kappa shape index (κ2) is 4.67. The third-order valence-corrected chi connectivity index (χ3v) is 2.02. The van der Waals surface area contributed by atoms with Gasteiger partial charge in [0.05, 0.1) is 12.1 Å². The number of ether oxygens (including phenoxy) is 1. The van der Waals surface area contributed by atoms with Crippen molar-refractivity contribution in [2.45, 2.75) is 0 Å². The lowest BCUT2D eigenvalue weighted by atomic mass is 10.2. The normalized spacial score (nSPS) is 10.4. The number of aliphatic carboxylic acids is 1. The number of halogens is 1. The van der Waals surface area contributed by atoms with Crippen LogP contribution in [-0.2, 0) is 4.79 Å². The Morgan fingerprint density at radius 2 is 2.29 bits per heavy atom. The summed E-state index contributed by atoms with van der Waals surface area (Å²) in [5.41, 5.74) is 0.619. The van der Waals surface area contributed by atoms with Crippen molar-refractivity contribution in [1.82, 2.24) is 0 Å². The Morgan fingerprint density at radius 1 is 1.57 bits per heavy atom. The Kier molecular flexibility index (Phi) is 3.54. The van der Waals surface area contributed by atoms with E-state index in [0.717, 1.165) is 6.08 Å². The van der Waals surface area contributed by atoms with Crippen molar-refractivity contribution < 1.29 is 14.6 Å². The van der Waals surface area contributed by atoms with E-state index in [2.05, 4.69) is 0 Å². The van der Waals surface area contributed by atoms with E-state index in [1.807, 2.05) is 0 Å². The van der Waals surface area contributed by atoms with Crippen molar-refractivity contribution in [3.63, 3.8) is 0 Å². The summed E-state index contributed by atoms with van der Waals surface area (Å²) < 4.78 is 4.98. The molecule has 0 amide bonds. The van der Waals surface area contributed by atoms with Gasteiger partial charge in [-0.05, 0) is 17.7 Å². The summed E-state index contributed by atoms with van der Waals surface area (Å²) in [5.74, 6) is -0.483. The van der Waals surface area contributed by atoms with Gasteiger partial charge < -0.3 is 9.84 Å². The van der Waals surface area contributed by atoms with Crippen molar-refractivity contribution in [3.8, 4) is 5.75 Å². The standard InChI is InChI=1S/C10H9ClO3/c1-14-8-4-2-3-7(10(8)11)5-6-9(12)13/h2-6H,1H3,(H,12,13). The maximum atomic E-state index is 10.3. The largest absolute Gasteiger partial charge is 0.495 e. The molecule has 0 radical (unpaired) electrons. The summed E-state index contributed by atoms with van der Waals surface area (Å²) in [6.45, 7) is 0. The van der Waals surface area contributed by atoms with E-state index in [-0.39, 0.29) is 0 Å². The van der Waals surface area contributed by atoms with E-state index in [4.69, 9.17) is 21.4 Å². The van der Waals surface area contributed by atoms with Gasteiger partial charge in [-0.2, -0.15) is 0 Å². The lowest BCUT2D eigenvalue weighted by molar-refractivity contribution is -0.131. The molecule has 0 atom stereocenters. The van der Waals surface area contributed by atoms with Crippen LogP contribution in [0.4, 0.5) is 0 Å². The Hall–Kier alpha value is -1.48. The zero-order chi connectivity index (χ0) is 10.6. The molecule has 0 unspecified atom stereocenters. The van der Waals surface area contributed by atoms with E-state index in [9.17, 15) is 4.79 Å². The third-order valence-electron chi connectivity index (χ3n) is 1.62. The molecule has 14 heavy (non-hydrogen) atoms. The van der Waals surface area contributed by atoms with E-state index >= 15 is 0 Å². The second-order valence-corrected chi connectivity index (χ2v) is 2.91. The summed E-state index contributed by atoms with van der Waals surface area (Å²) in [6.07, 6.45) is 2.45. The van der Waals surface area contributed by atoms with Gasteiger partial charge in [-0.1, -0.05) is 23.7 Å². The average molecular weight is 213 g/mol. The van der Waals surface area contributed by atoms with Crippen LogP contribution in [0.15, 0.2) is 24.3 Å². The molecule has 74 valence electrons. The van der Waals surface area contributed by atoms with Crippen molar-refractivity contribution in [2.24, 2.45) is 0 Å². The van der Waals surface area contributed by atoms with E-state index in [1.54, 1.807) is 18.2 Å². The first-order valence-electron chi connectivity index (χ1n) is 3.88. The summed E-state index contributed by atoms with van der Waals surface area (Å²) in [6, 6.07) is 5.16. The first-order valence-corrected chi connectivity index (χ1v) is 4.26. The first-order chi connectivity index (χ1) is 6.65. The SMILES string of the molecule is COc1cccc(C=CC(=O)O)c1Cl. The molecule has 1 aromatic rings. The number of hydrogen-bond donors (Lipinski definition) is 1. The van der Waals surface area contributed by atoms with Crippen LogP contribution in [0.1, 0.15) is 5.56 Å². The molecule has 0 fully saturated rings. The van der Waals surface area contributed by atoms with Gasteiger partial charge in [-0.15, -0.1) is 0 Å². The summed E-state index contributed by atoms with van der Waals surface area (Å²) >= 11 is 5.92. The summed E-state index contributed by atoms with van der Waals surface area (Å²) in [5, 5.41) is 8.84. The molecule has 1 N–H and O–H groups in total. The predicted octanol–water partition coefficient (Wildman–Crippen LogP) is 2.45. The Labute approximate surface area is 86.6 Å². The molecule has 0 spiro atoms. The second-order valence-electron chi connectivity index (χ2n) is 2.54. The van der Waals surface area contributed by atoms with Crippen LogP contribution in [0.3, 0.4) is 0 Å². The zero-order valence-electron chi connectivity index (χ0n) is 7.53. The van der Waals surface area contributed by atoms with Crippen molar-refractivity contribution >= 4 is 23.6 Å². The van der Waals surface area contributed by atoms with E-state index < -0.39 is 5.97 Å². The highest BCUT2D eigenvalue weighted by Gasteiger charge is 2.03. The fraction of sp³-hybridized carbons (Fsp3) is 0.100. The lowest BCUT2D eigenvalue weighted by Gasteiger charge is -2.04. The van der Waals surface area contributed by atoms with Gasteiger partial charge in [0, 0.05) is 6.08 Å². The molecule has 4 heteroatoms. The highest BCUT2D eigenvalue weighted by atomic mass is 35.5. The number of carbonyl (C=O) groups is 1. The van der Waals surface area contributed by atoms with Crippen LogP contribution in [0.25, 0.3) is 6.08 Å². The minimum atomic E-state index is -1.01. The van der Waals surface area contributed by atoms with Crippen LogP contribution in [0.5, 0.6) is 5.75 Å². The van der Waals surface area contributed by atoms with Crippen molar-refractivity contribution in [3.05, 3.63) is 34.9 Å². The zero-order valence-corrected chi connectivity index (χ0v) is 8.28. The number of carboxylic acid groups (broad SMARTS) is 1. The monoisotopic (exact) mass is 212 g/mol. The maximum absolute atomic E-state index is 10.3. The molecule has 0 heterocycles. The number of benzene rings is 1. The minimum Gasteiger partial charge on any atom is -0.495 e. The first kappa shape index (κ1) is 10.6. The lowest BCUT2D eigenvalue weighted by Crippen LogP contribution is -1.88. The van der Waals surface area contributed by atoms with Gasteiger partial charge in [0.15, 0.2) is 0 Å². The van der Waals surface area contributed by atoms with Crippen LogP contribution in [0.2, 0.25) is 5.02 Å². The topological polar surface area (TPSA) is 46.5 Å². The summed E-state index contributed by atoms with van der Waals surface area (Å²) in [4.78, 5) is 10.3. The molecular formula is C10H9ClO3. The highest BCUT2D eigenvalue weighted by Crippen LogP contribution is 2.28. The van der Waals surface area contributed by atoms with Gasteiger partial charge in [0.1, 0.15) is 5.75 Å². The number of carboxylic acids is 1. The number of methoxy groups -OCH3 is 1. The predicted molar refractivity (Wildman–Crippen MR) is 54.7 cm³/mol. The molecule has 0 saturated heterocycles. The molecule has 1 aromatic carbocycles. The van der Waals surface area contributed by atoms with Crippen molar-refractivity contribution in [1.29, 1.82) is 0 Å². The fourth-order valence-electron chi connectivity index (χ4n) is 0.975. The Bertz CT molecular complexity index is 372. The highest BCUT2D eigenvalue weighted by molar-refractivity contribution is 6.33. The Balaban J connectivity index is 3.03. The molecule has 0 aliphatic rings. The van der Waals surface area contributed by atoms with Crippen LogP contribution < -0.4 is 4.74 Å². The molecule has 0 bridgehead atoms. The van der Waals surface area contributed by atoms with Crippen LogP contribution in [-0.4, -0.2) is 18.2 Å². The molecule has 0 aliphatic carbocycles. The quantitative estimate of drug-likeness (QED) is 0.783. The molecule has 0 aliphatic heterocycles. The smallest absolute Gasteiger partial charge is 0.328 e. The Morgan fingerprint density at radius 3 is 2.86 bits per heavy atom. The van der Waals surface area contributed by atoms with Gasteiger partial charge in [0.2, 0.25) is 0 Å². The van der Waals surface area contributed by atoms with Crippen molar-refractivity contribution in [2.75, 3.05) is 7.11 Å². The fourth-order valence-corrected chi connectivity index (χ4v) is 1.24. The average Bonchev–Trinajstić information content (AvgIpc) is 2.16.